The summed E-state index contributed by atoms with van der Waals surface area (Å²) >= 11 is 0. The Hall–Kier alpha value is -2.74. The number of rotatable bonds is 4. The lowest BCUT2D eigenvalue weighted by molar-refractivity contribution is -0.128. The van der Waals surface area contributed by atoms with Gasteiger partial charge in [-0.15, -0.1) is 0 Å². The van der Waals surface area contributed by atoms with Crippen LogP contribution in [0.15, 0.2) is 41.0 Å². The van der Waals surface area contributed by atoms with Gasteiger partial charge in [-0.25, -0.2) is 8.78 Å². The lowest BCUT2D eigenvalue weighted by Crippen LogP contribution is -2.57. The summed E-state index contributed by atoms with van der Waals surface area (Å²) in [5.41, 5.74) is -1.09. The summed E-state index contributed by atoms with van der Waals surface area (Å²) in [5.74, 6) is -1.83. The van der Waals surface area contributed by atoms with E-state index in [0.29, 0.717) is 30.6 Å². The van der Waals surface area contributed by atoms with Crippen LogP contribution in [0.4, 0.5) is 8.78 Å². The maximum atomic E-state index is 13.8. The number of nitrogens with zero attached hydrogens (tertiary/aromatic N) is 1. The molecule has 0 radical (unpaired) electrons. The van der Waals surface area contributed by atoms with E-state index in [1.54, 1.807) is 12.1 Å². The van der Waals surface area contributed by atoms with Crippen LogP contribution in [0, 0.1) is 17.6 Å². The Kier molecular flexibility index (Phi) is 5.60. The maximum Gasteiger partial charge on any atom is 0.257 e. The number of nitrogens with one attached hydrogen (secondary N) is 1. The van der Waals surface area contributed by atoms with Gasteiger partial charge in [-0.3, -0.25) is 14.5 Å². The van der Waals surface area contributed by atoms with Crippen molar-refractivity contribution in [3.8, 4) is 0 Å². The van der Waals surface area contributed by atoms with Crippen molar-refractivity contribution in [3.63, 3.8) is 0 Å². The molecule has 1 aromatic carbocycles. The zero-order valence-corrected chi connectivity index (χ0v) is 16.7. The summed E-state index contributed by atoms with van der Waals surface area (Å²) in [7, 11) is 0. The van der Waals surface area contributed by atoms with E-state index in [2.05, 4.69) is 12.2 Å². The maximum absolute atomic E-state index is 13.8. The Bertz CT molecular complexity index is 913. The zero-order chi connectivity index (χ0) is 21.3. The molecule has 1 aliphatic heterocycles. The Morgan fingerprint density at radius 3 is 2.70 bits per heavy atom. The zero-order valence-electron chi connectivity index (χ0n) is 16.7. The van der Waals surface area contributed by atoms with Gasteiger partial charge in [0.25, 0.3) is 5.91 Å². The third kappa shape index (κ3) is 3.96. The van der Waals surface area contributed by atoms with Gasteiger partial charge < -0.3 is 14.5 Å². The number of furan rings is 1. The molecule has 4 rings (SSSR count). The van der Waals surface area contributed by atoms with Crippen LogP contribution in [-0.2, 0) is 16.1 Å². The molecule has 6 nitrogen and oxygen atoms in total. The summed E-state index contributed by atoms with van der Waals surface area (Å²) in [5, 5.41) is 2.76. The van der Waals surface area contributed by atoms with E-state index in [4.69, 9.17) is 9.15 Å². The smallest absolute Gasteiger partial charge is 0.257 e. The normalized spacial score (nSPS) is 26.2. The van der Waals surface area contributed by atoms with Crippen LogP contribution in [0.3, 0.4) is 0 Å². The first-order valence-corrected chi connectivity index (χ1v) is 10.1. The van der Waals surface area contributed by atoms with Gasteiger partial charge in [0.05, 0.1) is 19.4 Å². The first kappa shape index (κ1) is 20.5. The van der Waals surface area contributed by atoms with Crippen molar-refractivity contribution in [3.05, 3.63) is 59.6 Å². The minimum Gasteiger partial charge on any atom is -0.467 e. The predicted octanol–water partition coefficient (Wildman–Crippen LogP) is 3.62. The molecule has 1 N–H and O–H groups in total. The SMILES string of the molecule is C[C@H]1CCC[C@]2(C1)OC[C@@H](C(=O)NCc1ccco1)N2C(=O)c1cc(F)cc(F)c1. The largest absolute Gasteiger partial charge is 0.467 e. The average molecular weight is 418 g/mol. The molecule has 1 saturated heterocycles. The topological polar surface area (TPSA) is 71.8 Å². The molecule has 160 valence electrons. The van der Waals surface area contributed by atoms with Gasteiger partial charge in [0.2, 0.25) is 5.91 Å². The second kappa shape index (κ2) is 8.18. The molecule has 2 heterocycles. The van der Waals surface area contributed by atoms with Crippen molar-refractivity contribution in [1.82, 2.24) is 10.2 Å². The van der Waals surface area contributed by atoms with Crippen LogP contribution in [0.2, 0.25) is 0 Å². The van der Waals surface area contributed by atoms with Crippen LogP contribution < -0.4 is 5.32 Å². The second-order valence-corrected chi connectivity index (χ2v) is 8.10. The standard InChI is InChI=1S/C22H24F2N2O4/c1-14-4-2-6-22(11-14)26(21(28)15-8-16(23)10-17(24)9-15)19(13-30-22)20(27)25-12-18-5-3-7-29-18/h3,5,7-10,14,19H,2,4,6,11-13H2,1H3,(H,25,27)/t14-,19-,22+/m0/s1. The first-order valence-electron chi connectivity index (χ1n) is 10.1. The fourth-order valence-corrected chi connectivity index (χ4v) is 4.53. The fourth-order valence-electron chi connectivity index (χ4n) is 4.53. The summed E-state index contributed by atoms with van der Waals surface area (Å²) < 4.78 is 38.8. The highest BCUT2D eigenvalue weighted by Gasteiger charge is 2.54. The minimum absolute atomic E-state index is 0.0280. The number of hydrogen-bond acceptors (Lipinski definition) is 4. The number of amides is 2. The van der Waals surface area contributed by atoms with Crippen molar-refractivity contribution in [2.45, 2.75) is 50.9 Å². The first-order chi connectivity index (χ1) is 14.4. The molecule has 2 aliphatic rings. The van der Waals surface area contributed by atoms with Crippen LogP contribution >= 0.6 is 0 Å². The highest BCUT2D eigenvalue weighted by atomic mass is 19.1. The number of carbonyl (C=O) groups excluding carboxylic acids is 2. The van der Waals surface area contributed by atoms with Crippen molar-refractivity contribution in [1.29, 1.82) is 0 Å². The molecular formula is C22H24F2N2O4. The lowest BCUT2D eigenvalue weighted by Gasteiger charge is -2.43. The summed E-state index contributed by atoms with van der Waals surface area (Å²) in [6, 6.07) is 5.23. The monoisotopic (exact) mass is 418 g/mol. The van der Waals surface area contributed by atoms with Gasteiger partial charge >= 0.3 is 0 Å². The van der Waals surface area contributed by atoms with Gasteiger partial charge in [-0.1, -0.05) is 13.3 Å². The molecule has 1 saturated carbocycles. The van der Waals surface area contributed by atoms with E-state index in [9.17, 15) is 18.4 Å². The summed E-state index contributed by atoms with van der Waals surface area (Å²) in [6.45, 7) is 2.27. The highest BCUT2D eigenvalue weighted by molar-refractivity contribution is 5.98. The van der Waals surface area contributed by atoms with Crippen molar-refractivity contribution < 1.29 is 27.5 Å². The van der Waals surface area contributed by atoms with E-state index in [1.165, 1.54) is 11.2 Å². The molecule has 0 bridgehead atoms. The van der Waals surface area contributed by atoms with Crippen molar-refractivity contribution in [2.75, 3.05) is 6.61 Å². The number of carbonyl (C=O) groups is 2. The summed E-state index contributed by atoms with van der Waals surface area (Å²) in [4.78, 5) is 27.7. The summed E-state index contributed by atoms with van der Waals surface area (Å²) in [6.07, 6.45) is 4.48. The molecule has 0 unspecified atom stereocenters. The van der Waals surface area contributed by atoms with Crippen molar-refractivity contribution >= 4 is 11.8 Å². The number of ether oxygens (including phenoxy) is 1. The van der Waals surface area contributed by atoms with E-state index in [1.807, 2.05) is 0 Å². The van der Waals surface area contributed by atoms with E-state index in [-0.39, 0.29) is 18.7 Å². The van der Waals surface area contributed by atoms with E-state index in [0.717, 1.165) is 25.0 Å². The molecule has 30 heavy (non-hydrogen) atoms. The minimum atomic E-state index is -0.954. The van der Waals surface area contributed by atoms with Crippen LogP contribution in [0.1, 0.15) is 48.7 Å². The van der Waals surface area contributed by atoms with Crippen LogP contribution in [0.5, 0.6) is 0 Å². The Morgan fingerprint density at radius 1 is 1.27 bits per heavy atom. The molecule has 2 amide bonds. The quantitative estimate of drug-likeness (QED) is 0.823. The van der Waals surface area contributed by atoms with E-state index >= 15 is 0 Å². The molecule has 2 aromatic rings. The van der Waals surface area contributed by atoms with Gasteiger partial charge in [-0.05, 0) is 49.4 Å². The number of halogens is 2. The van der Waals surface area contributed by atoms with Gasteiger partial charge in [-0.2, -0.15) is 0 Å². The van der Waals surface area contributed by atoms with E-state index < -0.39 is 35.2 Å². The fraction of sp³-hybridized carbons (Fsp3) is 0.455. The molecule has 2 fully saturated rings. The van der Waals surface area contributed by atoms with Crippen LogP contribution in [0.25, 0.3) is 0 Å². The predicted molar refractivity (Wildman–Crippen MR) is 103 cm³/mol. The lowest BCUT2D eigenvalue weighted by atomic mass is 9.83. The Morgan fingerprint density at radius 2 is 2.03 bits per heavy atom. The van der Waals surface area contributed by atoms with Gasteiger partial charge in [0.1, 0.15) is 29.2 Å². The van der Waals surface area contributed by atoms with Crippen LogP contribution in [-0.4, -0.2) is 35.1 Å². The Labute approximate surface area is 173 Å². The molecule has 1 aromatic heterocycles. The third-order valence-corrected chi connectivity index (χ3v) is 5.84. The molecule has 1 aliphatic carbocycles. The third-order valence-electron chi connectivity index (χ3n) is 5.84. The molecule has 3 atom stereocenters. The number of benzene rings is 1. The molecule has 1 spiro atoms. The molecular weight excluding hydrogens is 394 g/mol. The number of hydrogen-bond donors (Lipinski definition) is 1. The van der Waals surface area contributed by atoms with Gasteiger partial charge in [0.15, 0.2) is 0 Å². The second-order valence-electron chi connectivity index (χ2n) is 8.10. The highest BCUT2D eigenvalue weighted by Crippen LogP contribution is 2.43. The van der Waals surface area contributed by atoms with Crippen molar-refractivity contribution in [2.24, 2.45) is 5.92 Å². The Balaban J connectivity index is 1.63. The molecule has 8 heteroatoms. The van der Waals surface area contributed by atoms with Gasteiger partial charge in [0, 0.05) is 11.6 Å². The average Bonchev–Trinajstić information content (AvgIpc) is 3.33.